The van der Waals surface area contributed by atoms with Crippen LogP contribution in [-0.2, 0) is 0 Å². The van der Waals surface area contributed by atoms with Crippen molar-refractivity contribution in [3.8, 4) is 0 Å². The molecule has 1 heterocycles. The molecule has 0 bridgehead atoms. The van der Waals surface area contributed by atoms with Gasteiger partial charge in [0.25, 0.3) is 0 Å². The van der Waals surface area contributed by atoms with Crippen molar-refractivity contribution < 1.29 is 0 Å². The molecule has 2 aromatic carbocycles. The molecule has 1 aliphatic heterocycles. The van der Waals surface area contributed by atoms with Gasteiger partial charge in [-0.15, -0.1) is 0 Å². The minimum Gasteiger partial charge on any atom is -0.374 e. The molecule has 0 saturated carbocycles. The third kappa shape index (κ3) is 5.53. The van der Waals surface area contributed by atoms with Crippen LogP contribution in [0.5, 0.6) is 0 Å². The first-order chi connectivity index (χ1) is 16.9. The molecule has 0 aromatic heterocycles. The van der Waals surface area contributed by atoms with Crippen LogP contribution in [0.3, 0.4) is 0 Å². The van der Waals surface area contributed by atoms with E-state index in [2.05, 4.69) is 124 Å². The Labute approximate surface area is 210 Å². The average Bonchev–Trinajstić information content (AvgIpc) is 3.19. The Morgan fingerprint density at radius 3 is 2.54 bits per heavy atom. The van der Waals surface area contributed by atoms with Crippen LogP contribution in [0, 0.1) is 5.41 Å². The van der Waals surface area contributed by atoms with E-state index in [9.17, 15) is 0 Å². The molecular weight excluding hydrogens is 422 g/mol. The first-order valence-corrected chi connectivity index (χ1v) is 12.0. The minimum atomic E-state index is 0.0269. The van der Waals surface area contributed by atoms with Gasteiger partial charge in [0.15, 0.2) is 0 Å². The molecule has 1 N–H and O–H groups in total. The van der Waals surface area contributed by atoms with E-state index < -0.39 is 0 Å². The van der Waals surface area contributed by atoms with E-state index in [-0.39, 0.29) is 11.5 Å². The van der Waals surface area contributed by atoms with Crippen molar-refractivity contribution in [2.24, 2.45) is 5.41 Å². The van der Waals surface area contributed by atoms with Crippen molar-refractivity contribution in [1.29, 1.82) is 0 Å². The number of rotatable bonds is 8. The molecule has 0 saturated heterocycles. The standard InChI is InChI=1S/C34H33N/c1-6-8-13-25(3)32-23-30(27-15-10-9-11-16-27)24-33(35-32)29-17-12-14-26(22-29)18-19-28-20-21-34(4,5)31(28)7-2/h6-24,33,35H,1-3H2,4-5H3/b13-8-,19-18+. The third-order valence-corrected chi connectivity index (χ3v) is 6.46. The molecule has 0 fully saturated rings. The van der Waals surface area contributed by atoms with Gasteiger partial charge in [-0.05, 0) is 57.2 Å². The highest BCUT2D eigenvalue weighted by Crippen LogP contribution is 2.38. The van der Waals surface area contributed by atoms with Crippen LogP contribution in [0.2, 0.25) is 0 Å². The third-order valence-electron chi connectivity index (χ3n) is 6.46. The van der Waals surface area contributed by atoms with Crippen molar-refractivity contribution in [2.45, 2.75) is 19.9 Å². The van der Waals surface area contributed by atoms with E-state index >= 15 is 0 Å². The predicted molar refractivity (Wildman–Crippen MR) is 152 cm³/mol. The Bertz CT molecular complexity index is 1320. The lowest BCUT2D eigenvalue weighted by atomic mass is 9.86. The molecule has 1 aliphatic carbocycles. The molecule has 174 valence electrons. The lowest BCUT2D eigenvalue weighted by molar-refractivity contribution is 0.605. The van der Waals surface area contributed by atoms with Gasteiger partial charge in [0, 0.05) is 11.1 Å². The molecule has 1 unspecified atom stereocenters. The molecule has 0 amide bonds. The summed E-state index contributed by atoms with van der Waals surface area (Å²) in [6, 6.07) is 19.2. The quantitative estimate of drug-likeness (QED) is 0.393. The zero-order chi connectivity index (χ0) is 24.8. The fraction of sp³-hybridized carbons (Fsp3) is 0.118. The summed E-state index contributed by atoms with van der Waals surface area (Å²) in [5.74, 6) is 0. The number of benzene rings is 2. The van der Waals surface area contributed by atoms with Gasteiger partial charge in [-0.2, -0.15) is 0 Å². The molecule has 1 nitrogen and oxygen atoms in total. The molecule has 2 aliphatic rings. The molecular formula is C34H33N. The maximum atomic E-state index is 4.27. The first kappa shape index (κ1) is 24.0. The summed E-state index contributed by atoms with van der Waals surface area (Å²) in [5, 5.41) is 3.67. The zero-order valence-corrected chi connectivity index (χ0v) is 20.7. The van der Waals surface area contributed by atoms with E-state index in [0.29, 0.717) is 0 Å². The van der Waals surface area contributed by atoms with E-state index in [4.69, 9.17) is 0 Å². The van der Waals surface area contributed by atoms with Crippen molar-refractivity contribution in [3.05, 3.63) is 168 Å². The summed E-state index contributed by atoms with van der Waals surface area (Å²) in [4.78, 5) is 0. The molecule has 2 aromatic rings. The van der Waals surface area contributed by atoms with Gasteiger partial charge in [-0.1, -0.05) is 131 Å². The van der Waals surface area contributed by atoms with E-state index in [0.717, 1.165) is 16.8 Å². The second kappa shape index (κ2) is 10.4. The van der Waals surface area contributed by atoms with Crippen molar-refractivity contribution in [3.63, 3.8) is 0 Å². The Morgan fingerprint density at radius 2 is 1.80 bits per heavy atom. The lowest BCUT2D eigenvalue weighted by Crippen LogP contribution is -2.23. The van der Waals surface area contributed by atoms with Gasteiger partial charge in [0.2, 0.25) is 0 Å². The Kier molecular flexibility index (Phi) is 7.17. The van der Waals surface area contributed by atoms with Crippen LogP contribution in [0.4, 0.5) is 0 Å². The van der Waals surface area contributed by atoms with Crippen LogP contribution in [0.15, 0.2) is 151 Å². The Morgan fingerprint density at radius 1 is 1.00 bits per heavy atom. The monoisotopic (exact) mass is 455 g/mol. The molecule has 35 heavy (non-hydrogen) atoms. The summed E-state index contributed by atoms with van der Waals surface area (Å²) >= 11 is 0. The van der Waals surface area contributed by atoms with Crippen LogP contribution in [-0.4, -0.2) is 0 Å². The summed E-state index contributed by atoms with van der Waals surface area (Å²) < 4.78 is 0. The smallest absolute Gasteiger partial charge is 0.0707 e. The molecule has 1 heteroatoms. The molecule has 0 radical (unpaired) electrons. The number of allylic oxidation sites excluding steroid dienone is 11. The SMILES string of the molecule is C=C/C=C\C(=C)C1=CC(c2ccccc2)=CC(c2cccc(/C=C/C3=C(C=C)C(C)(C)C=C3)c2)N1. The van der Waals surface area contributed by atoms with Crippen molar-refractivity contribution in [1.82, 2.24) is 5.32 Å². The average molecular weight is 456 g/mol. The number of dihydropyridines is 1. The number of hydrogen-bond acceptors (Lipinski definition) is 1. The fourth-order valence-electron chi connectivity index (χ4n) is 4.50. The Hall–Kier alpha value is -4.10. The highest BCUT2D eigenvalue weighted by Gasteiger charge is 2.24. The fourth-order valence-corrected chi connectivity index (χ4v) is 4.50. The maximum Gasteiger partial charge on any atom is 0.0707 e. The summed E-state index contributed by atoms with van der Waals surface area (Å²) in [6.45, 7) is 16.5. The van der Waals surface area contributed by atoms with Crippen LogP contribution in [0.25, 0.3) is 11.6 Å². The van der Waals surface area contributed by atoms with Gasteiger partial charge in [-0.25, -0.2) is 0 Å². The predicted octanol–water partition coefficient (Wildman–Crippen LogP) is 8.69. The lowest BCUT2D eigenvalue weighted by Gasteiger charge is -2.26. The van der Waals surface area contributed by atoms with Gasteiger partial charge >= 0.3 is 0 Å². The Balaban J connectivity index is 1.66. The summed E-state index contributed by atoms with van der Waals surface area (Å²) in [6.07, 6.45) is 20.9. The van der Waals surface area contributed by atoms with Crippen LogP contribution >= 0.6 is 0 Å². The largest absolute Gasteiger partial charge is 0.374 e. The van der Waals surface area contributed by atoms with Gasteiger partial charge < -0.3 is 5.32 Å². The molecule has 0 spiro atoms. The first-order valence-electron chi connectivity index (χ1n) is 12.0. The minimum absolute atomic E-state index is 0.0269. The topological polar surface area (TPSA) is 12.0 Å². The van der Waals surface area contributed by atoms with Crippen molar-refractivity contribution in [2.75, 3.05) is 0 Å². The summed E-state index contributed by atoms with van der Waals surface area (Å²) in [5.41, 5.74) is 9.16. The van der Waals surface area contributed by atoms with Crippen molar-refractivity contribution >= 4 is 11.6 Å². The van der Waals surface area contributed by atoms with E-state index in [1.54, 1.807) is 6.08 Å². The second-order valence-electron chi connectivity index (χ2n) is 9.42. The normalized spacial score (nSPS) is 19.0. The van der Waals surface area contributed by atoms with E-state index in [1.165, 1.54) is 27.8 Å². The summed E-state index contributed by atoms with van der Waals surface area (Å²) in [7, 11) is 0. The van der Waals surface area contributed by atoms with Gasteiger partial charge in [0.05, 0.1) is 6.04 Å². The highest BCUT2D eigenvalue weighted by molar-refractivity contribution is 5.78. The molecule has 1 atom stereocenters. The van der Waals surface area contributed by atoms with Crippen LogP contribution in [0.1, 0.15) is 36.6 Å². The van der Waals surface area contributed by atoms with Gasteiger partial charge in [0.1, 0.15) is 0 Å². The number of nitrogens with one attached hydrogen (secondary N) is 1. The zero-order valence-electron chi connectivity index (χ0n) is 20.7. The van der Waals surface area contributed by atoms with Gasteiger partial charge in [-0.3, -0.25) is 0 Å². The van der Waals surface area contributed by atoms with E-state index in [1.807, 2.05) is 24.3 Å². The van der Waals surface area contributed by atoms with Crippen LogP contribution < -0.4 is 5.32 Å². The maximum absolute atomic E-state index is 4.27. The second-order valence-corrected chi connectivity index (χ2v) is 9.42. The number of hydrogen-bond donors (Lipinski definition) is 1. The molecule has 4 rings (SSSR count). The highest BCUT2D eigenvalue weighted by atomic mass is 14.9.